The maximum Gasteiger partial charge on any atom is 0.306 e. The van der Waals surface area contributed by atoms with Gasteiger partial charge in [0.25, 0.3) is 0 Å². The average molecular weight is 379 g/mol. The molecule has 0 aromatic heterocycles. The Balaban J connectivity index is 2.37. The number of rotatable bonds is 16. The quantitative estimate of drug-likeness (QED) is 0.381. The zero-order valence-electron chi connectivity index (χ0n) is 16.5. The first-order valence-electron chi connectivity index (χ1n) is 10.2. The molecule has 27 heavy (non-hydrogen) atoms. The molecule has 5 heteroatoms. The molecule has 0 bridgehead atoms. The van der Waals surface area contributed by atoms with Crippen molar-refractivity contribution in [3.05, 3.63) is 29.8 Å². The van der Waals surface area contributed by atoms with E-state index in [-0.39, 0.29) is 6.42 Å². The zero-order valence-corrected chi connectivity index (χ0v) is 16.5. The molecule has 1 rings (SSSR count). The fraction of sp³-hybridized carbons (Fsp3) is 0.636. The first kappa shape index (κ1) is 23.0. The molecule has 0 aliphatic heterocycles. The van der Waals surface area contributed by atoms with E-state index in [1.807, 2.05) is 24.3 Å². The van der Waals surface area contributed by atoms with Crippen LogP contribution in [-0.4, -0.2) is 28.8 Å². The molecule has 0 fully saturated rings. The van der Waals surface area contributed by atoms with Gasteiger partial charge in [-0.2, -0.15) is 0 Å². The van der Waals surface area contributed by atoms with Crippen molar-refractivity contribution in [1.29, 1.82) is 0 Å². The molecule has 0 radical (unpaired) electrons. The minimum Gasteiger partial charge on any atom is -0.493 e. The molecular formula is C22H34O5. The summed E-state index contributed by atoms with van der Waals surface area (Å²) >= 11 is 0. The highest BCUT2D eigenvalue weighted by Gasteiger charge is 2.19. The lowest BCUT2D eigenvalue weighted by Gasteiger charge is -2.16. The van der Waals surface area contributed by atoms with E-state index in [4.69, 9.17) is 9.84 Å². The summed E-state index contributed by atoms with van der Waals surface area (Å²) in [4.78, 5) is 22.1. The third kappa shape index (κ3) is 10.6. The summed E-state index contributed by atoms with van der Waals surface area (Å²) in [6.45, 7) is 2.77. The van der Waals surface area contributed by atoms with Crippen molar-refractivity contribution in [3.63, 3.8) is 0 Å². The normalized spacial score (nSPS) is 11.9. The number of ether oxygens (including phenoxy) is 1. The molecule has 0 saturated carbocycles. The zero-order chi connectivity index (χ0) is 19.9. The van der Waals surface area contributed by atoms with Crippen LogP contribution in [0.1, 0.15) is 76.7 Å². The van der Waals surface area contributed by atoms with E-state index in [0.717, 1.165) is 62.7 Å². The van der Waals surface area contributed by atoms with Gasteiger partial charge in [-0.1, -0.05) is 63.6 Å². The van der Waals surface area contributed by atoms with E-state index in [9.17, 15) is 14.7 Å². The summed E-state index contributed by atoms with van der Waals surface area (Å²) in [5.41, 5.74) is 0.967. The van der Waals surface area contributed by atoms with Crippen molar-refractivity contribution < 1.29 is 24.5 Å². The number of hydrogen-bond donors (Lipinski definition) is 2. The van der Waals surface area contributed by atoms with E-state index in [0.29, 0.717) is 19.4 Å². The third-order valence-corrected chi connectivity index (χ3v) is 4.74. The largest absolute Gasteiger partial charge is 0.493 e. The smallest absolute Gasteiger partial charge is 0.306 e. The number of para-hydroxylation sites is 1. The number of carbonyl (C=O) groups is 2. The van der Waals surface area contributed by atoms with Gasteiger partial charge in [0, 0.05) is 6.42 Å². The van der Waals surface area contributed by atoms with Gasteiger partial charge in [0.1, 0.15) is 5.75 Å². The van der Waals surface area contributed by atoms with Crippen LogP contribution in [0.2, 0.25) is 0 Å². The molecule has 152 valence electrons. The van der Waals surface area contributed by atoms with Gasteiger partial charge >= 0.3 is 11.9 Å². The number of aliphatic carboxylic acids is 2. The number of carboxylic acid groups (broad SMARTS) is 2. The molecule has 1 aromatic rings. The lowest BCUT2D eigenvalue weighted by Crippen LogP contribution is -2.17. The van der Waals surface area contributed by atoms with Gasteiger partial charge in [0.2, 0.25) is 0 Å². The number of benzene rings is 1. The molecule has 0 saturated heterocycles. The minimum absolute atomic E-state index is 0.237. The van der Waals surface area contributed by atoms with Crippen LogP contribution in [-0.2, 0) is 16.0 Å². The van der Waals surface area contributed by atoms with Crippen molar-refractivity contribution in [2.75, 3.05) is 6.61 Å². The molecule has 0 amide bonds. The van der Waals surface area contributed by atoms with Crippen molar-refractivity contribution >= 4 is 11.9 Å². The lowest BCUT2D eigenvalue weighted by molar-refractivity contribution is -0.142. The van der Waals surface area contributed by atoms with Crippen LogP contribution >= 0.6 is 0 Å². The fourth-order valence-electron chi connectivity index (χ4n) is 3.09. The summed E-state index contributed by atoms with van der Waals surface area (Å²) in [6.07, 6.45) is 9.02. The Morgan fingerprint density at radius 1 is 0.963 bits per heavy atom. The highest BCUT2D eigenvalue weighted by molar-refractivity contribution is 5.70. The summed E-state index contributed by atoms with van der Waals surface area (Å²) in [7, 11) is 0. The standard InChI is InChI=1S/C22H34O5/c1-2-3-16-27-20-14-11-10-12-18(20)17-19(22(25)26)13-8-6-4-5-7-9-15-21(23)24/h10-12,14,19H,2-9,13,15-17H2,1H3,(H,23,24)(H,25,26). The van der Waals surface area contributed by atoms with E-state index in [1.165, 1.54) is 0 Å². The fourth-order valence-corrected chi connectivity index (χ4v) is 3.09. The molecule has 0 heterocycles. The van der Waals surface area contributed by atoms with Gasteiger partial charge in [-0.25, -0.2) is 0 Å². The Morgan fingerprint density at radius 3 is 2.30 bits per heavy atom. The summed E-state index contributed by atoms with van der Waals surface area (Å²) in [5.74, 6) is -1.08. The van der Waals surface area contributed by atoms with Gasteiger partial charge in [-0.15, -0.1) is 0 Å². The molecule has 5 nitrogen and oxygen atoms in total. The van der Waals surface area contributed by atoms with Gasteiger partial charge in [-0.3, -0.25) is 9.59 Å². The van der Waals surface area contributed by atoms with Crippen LogP contribution in [0.25, 0.3) is 0 Å². The predicted octanol–water partition coefficient (Wildman–Crippen LogP) is 5.31. The highest BCUT2D eigenvalue weighted by atomic mass is 16.5. The second-order valence-electron chi connectivity index (χ2n) is 7.10. The number of carboxylic acids is 2. The summed E-state index contributed by atoms with van der Waals surface area (Å²) < 4.78 is 5.82. The molecule has 0 aliphatic rings. The van der Waals surface area contributed by atoms with E-state index in [1.54, 1.807) is 0 Å². The second-order valence-corrected chi connectivity index (χ2v) is 7.10. The van der Waals surface area contributed by atoms with E-state index in [2.05, 4.69) is 6.92 Å². The molecule has 1 unspecified atom stereocenters. The number of hydrogen-bond acceptors (Lipinski definition) is 3. The molecule has 2 N–H and O–H groups in total. The molecular weight excluding hydrogens is 344 g/mol. The maximum absolute atomic E-state index is 11.6. The second kappa shape index (κ2) is 14.1. The first-order valence-corrected chi connectivity index (χ1v) is 10.2. The molecule has 1 aromatic carbocycles. The predicted molar refractivity (Wildman–Crippen MR) is 106 cm³/mol. The minimum atomic E-state index is -0.750. The molecule has 0 spiro atoms. The Labute approximate surface area is 162 Å². The maximum atomic E-state index is 11.6. The highest BCUT2D eigenvalue weighted by Crippen LogP contribution is 2.24. The van der Waals surface area contributed by atoms with Crippen LogP contribution in [0.15, 0.2) is 24.3 Å². The van der Waals surface area contributed by atoms with Crippen LogP contribution in [0.3, 0.4) is 0 Å². The Bertz CT molecular complexity index is 555. The Kier molecular flexibility index (Phi) is 12.0. The molecule has 0 aliphatic carbocycles. The van der Waals surface area contributed by atoms with Crippen molar-refractivity contribution in [3.8, 4) is 5.75 Å². The topological polar surface area (TPSA) is 83.8 Å². The van der Waals surface area contributed by atoms with Crippen LogP contribution in [0, 0.1) is 5.92 Å². The SMILES string of the molecule is CCCCOc1ccccc1CC(CCCCCCCCC(=O)O)C(=O)O. The lowest BCUT2D eigenvalue weighted by atomic mass is 9.93. The van der Waals surface area contributed by atoms with Gasteiger partial charge in [-0.05, 0) is 37.3 Å². The van der Waals surface area contributed by atoms with E-state index < -0.39 is 17.9 Å². The van der Waals surface area contributed by atoms with Crippen molar-refractivity contribution in [2.24, 2.45) is 5.92 Å². The van der Waals surface area contributed by atoms with Crippen molar-refractivity contribution in [2.45, 2.75) is 77.6 Å². The summed E-state index contributed by atoms with van der Waals surface area (Å²) in [5, 5.41) is 18.2. The van der Waals surface area contributed by atoms with Crippen LogP contribution in [0.5, 0.6) is 5.75 Å². The van der Waals surface area contributed by atoms with Gasteiger partial charge in [0.15, 0.2) is 0 Å². The Morgan fingerprint density at radius 2 is 1.63 bits per heavy atom. The van der Waals surface area contributed by atoms with Crippen LogP contribution in [0.4, 0.5) is 0 Å². The third-order valence-electron chi connectivity index (χ3n) is 4.74. The van der Waals surface area contributed by atoms with Crippen molar-refractivity contribution in [1.82, 2.24) is 0 Å². The molecule has 1 atom stereocenters. The first-order chi connectivity index (χ1) is 13.0. The van der Waals surface area contributed by atoms with Gasteiger partial charge < -0.3 is 14.9 Å². The summed E-state index contributed by atoms with van der Waals surface area (Å²) in [6, 6.07) is 7.73. The monoisotopic (exact) mass is 378 g/mol. The Hall–Kier alpha value is -2.04. The van der Waals surface area contributed by atoms with Crippen LogP contribution < -0.4 is 4.74 Å². The van der Waals surface area contributed by atoms with Gasteiger partial charge in [0.05, 0.1) is 12.5 Å². The van der Waals surface area contributed by atoms with E-state index >= 15 is 0 Å². The average Bonchev–Trinajstić information content (AvgIpc) is 2.63. The number of unbranched alkanes of at least 4 members (excludes halogenated alkanes) is 6.